The fourth-order valence-corrected chi connectivity index (χ4v) is 2.12. The number of rotatable bonds is 3. The Kier molecular flexibility index (Phi) is 2.26. The van der Waals surface area contributed by atoms with Crippen LogP contribution in [0, 0.1) is 11.8 Å². The van der Waals surface area contributed by atoms with Crippen LogP contribution in [-0.2, 0) is 9.63 Å². The molecule has 3 aliphatic rings. The van der Waals surface area contributed by atoms with Gasteiger partial charge in [0, 0.05) is 6.04 Å². The zero-order valence-corrected chi connectivity index (χ0v) is 8.04. The fraction of sp³-hybridized carbons (Fsp3) is 0.889. The highest BCUT2D eigenvalue weighted by molar-refractivity contribution is 5.80. The second-order valence-corrected chi connectivity index (χ2v) is 4.17. The van der Waals surface area contributed by atoms with E-state index in [-0.39, 0.29) is 17.9 Å². The average Bonchev–Trinajstić information content (AvgIpc) is 2.60. The van der Waals surface area contributed by atoms with Gasteiger partial charge in [0.1, 0.15) is 0 Å². The zero-order valence-electron chi connectivity index (χ0n) is 8.04. The lowest BCUT2D eigenvalue weighted by Crippen LogP contribution is -2.48. The van der Waals surface area contributed by atoms with E-state index < -0.39 is 0 Å². The molecule has 4 heteroatoms. The number of hydrogen-bond acceptors (Lipinski definition) is 3. The molecule has 4 nitrogen and oxygen atoms in total. The molecule has 3 atom stereocenters. The van der Waals surface area contributed by atoms with E-state index in [2.05, 4.69) is 10.8 Å². The zero-order chi connectivity index (χ0) is 9.42. The van der Waals surface area contributed by atoms with Gasteiger partial charge in [0.15, 0.2) is 0 Å². The molecule has 0 aromatic heterocycles. The van der Waals surface area contributed by atoms with Gasteiger partial charge in [-0.25, -0.2) is 5.48 Å². The van der Waals surface area contributed by atoms with Crippen LogP contribution in [-0.4, -0.2) is 24.6 Å². The lowest BCUT2D eigenvalue weighted by molar-refractivity contribution is -0.145. The lowest BCUT2D eigenvalue weighted by atomic mass is 9.73. The number of fused-ring (bicyclic) bond motifs is 1. The van der Waals surface area contributed by atoms with E-state index >= 15 is 0 Å². The maximum absolute atomic E-state index is 11.5. The molecule has 0 radical (unpaired) electrons. The molecule has 0 aromatic carbocycles. The number of nitrogens with one attached hydrogen (secondary N) is 2. The number of hydroxylamine groups is 1. The third-order valence-electron chi connectivity index (χ3n) is 2.84. The van der Waals surface area contributed by atoms with Crippen molar-refractivity contribution in [3.63, 3.8) is 0 Å². The molecule has 1 amide bonds. The highest BCUT2D eigenvalue weighted by Crippen LogP contribution is 2.39. The number of hydrogen-bond donors (Lipinski definition) is 2. The first-order chi connectivity index (χ1) is 6.18. The monoisotopic (exact) mass is 184 g/mol. The van der Waals surface area contributed by atoms with Crippen molar-refractivity contribution >= 4 is 5.91 Å². The van der Waals surface area contributed by atoms with Crippen molar-refractivity contribution in [3.8, 4) is 0 Å². The first kappa shape index (κ1) is 8.97. The molecular formula is C9H16N2O2. The second-order valence-electron chi connectivity index (χ2n) is 4.17. The summed E-state index contributed by atoms with van der Waals surface area (Å²) in [6, 6.07) is 0.403. The SMILES string of the molecule is CC(C)ONC(=O)C1C2CNC1C2. The van der Waals surface area contributed by atoms with Gasteiger partial charge in [-0.3, -0.25) is 9.63 Å². The van der Waals surface area contributed by atoms with Crippen molar-refractivity contribution in [3.05, 3.63) is 0 Å². The first-order valence-electron chi connectivity index (χ1n) is 4.87. The minimum Gasteiger partial charge on any atom is -0.313 e. The minimum atomic E-state index is 0.0416. The summed E-state index contributed by atoms with van der Waals surface area (Å²) in [6.07, 6.45) is 1.20. The second kappa shape index (κ2) is 3.27. The standard InChI is InChI=1S/C9H16N2O2/c1-5(2)13-11-9(12)8-6-3-7(8)10-4-6/h5-8,10H,3-4H2,1-2H3,(H,11,12). The quantitative estimate of drug-likeness (QED) is 0.609. The van der Waals surface area contributed by atoms with Crippen molar-refractivity contribution in [2.75, 3.05) is 6.54 Å². The lowest BCUT2D eigenvalue weighted by Gasteiger charge is -2.32. The Morgan fingerprint density at radius 1 is 1.62 bits per heavy atom. The fourth-order valence-electron chi connectivity index (χ4n) is 2.12. The van der Waals surface area contributed by atoms with E-state index in [9.17, 15) is 4.79 Å². The van der Waals surface area contributed by atoms with Crippen LogP contribution in [0.4, 0.5) is 0 Å². The van der Waals surface area contributed by atoms with Gasteiger partial charge in [0.25, 0.3) is 0 Å². The number of carbonyl (C=O) groups is 1. The highest BCUT2D eigenvalue weighted by atomic mass is 16.7. The van der Waals surface area contributed by atoms with Crippen molar-refractivity contribution in [2.45, 2.75) is 32.4 Å². The van der Waals surface area contributed by atoms with Crippen molar-refractivity contribution < 1.29 is 9.63 Å². The average molecular weight is 184 g/mol. The predicted molar refractivity (Wildman–Crippen MR) is 47.8 cm³/mol. The molecule has 1 saturated carbocycles. The molecule has 3 unspecified atom stereocenters. The third-order valence-corrected chi connectivity index (χ3v) is 2.84. The maximum Gasteiger partial charge on any atom is 0.248 e. The van der Waals surface area contributed by atoms with Crippen LogP contribution in [0.1, 0.15) is 20.3 Å². The summed E-state index contributed by atoms with van der Waals surface area (Å²) in [5, 5.41) is 3.30. The van der Waals surface area contributed by atoms with Crippen LogP contribution in [0.2, 0.25) is 0 Å². The Morgan fingerprint density at radius 3 is 2.85 bits per heavy atom. The van der Waals surface area contributed by atoms with E-state index in [1.807, 2.05) is 13.8 Å². The summed E-state index contributed by atoms with van der Waals surface area (Å²) in [5.74, 6) is 0.736. The Labute approximate surface area is 78.0 Å². The van der Waals surface area contributed by atoms with Gasteiger partial charge in [-0.1, -0.05) is 0 Å². The number of amides is 1. The molecule has 1 aliphatic carbocycles. The highest BCUT2D eigenvalue weighted by Gasteiger charge is 2.50. The van der Waals surface area contributed by atoms with Gasteiger partial charge < -0.3 is 5.32 Å². The van der Waals surface area contributed by atoms with Gasteiger partial charge in [-0.15, -0.1) is 0 Å². The van der Waals surface area contributed by atoms with Crippen LogP contribution in [0.15, 0.2) is 0 Å². The molecule has 2 N–H and O–H groups in total. The Balaban J connectivity index is 1.78. The van der Waals surface area contributed by atoms with Gasteiger partial charge in [-0.2, -0.15) is 0 Å². The molecule has 2 saturated heterocycles. The molecule has 74 valence electrons. The summed E-state index contributed by atoms with van der Waals surface area (Å²) in [5.41, 5.74) is 2.51. The van der Waals surface area contributed by atoms with Crippen LogP contribution >= 0.6 is 0 Å². The largest absolute Gasteiger partial charge is 0.313 e. The van der Waals surface area contributed by atoms with Gasteiger partial charge >= 0.3 is 0 Å². The Bertz CT molecular complexity index is 204. The van der Waals surface area contributed by atoms with E-state index in [1.54, 1.807) is 0 Å². The normalized spacial score (nSPS) is 36.1. The molecule has 13 heavy (non-hydrogen) atoms. The van der Waals surface area contributed by atoms with E-state index in [4.69, 9.17) is 4.84 Å². The van der Waals surface area contributed by atoms with Gasteiger partial charge in [-0.05, 0) is 32.7 Å². The van der Waals surface area contributed by atoms with Gasteiger partial charge in [0.05, 0.1) is 12.0 Å². The maximum atomic E-state index is 11.5. The van der Waals surface area contributed by atoms with Crippen molar-refractivity contribution in [2.24, 2.45) is 11.8 Å². The smallest absolute Gasteiger partial charge is 0.248 e. The van der Waals surface area contributed by atoms with Gasteiger partial charge in [0.2, 0.25) is 5.91 Å². The summed E-state index contributed by atoms with van der Waals surface area (Å²) in [4.78, 5) is 16.6. The van der Waals surface area contributed by atoms with Crippen molar-refractivity contribution in [1.82, 2.24) is 10.8 Å². The van der Waals surface area contributed by atoms with E-state index in [1.165, 1.54) is 0 Å². The molecule has 2 heterocycles. The summed E-state index contributed by atoms with van der Waals surface area (Å²) >= 11 is 0. The molecule has 0 aromatic rings. The van der Waals surface area contributed by atoms with Crippen LogP contribution < -0.4 is 10.8 Å². The van der Waals surface area contributed by atoms with Crippen LogP contribution in [0.3, 0.4) is 0 Å². The first-order valence-corrected chi connectivity index (χ1v) is 4.87. The Hall–Kier alpha value is -0.610. The molecule has 0 spiro atoms. The predicted octanol–water partition coefficient (Wildman–Crippen LogP) is 0.0505. The van der Waals surface area contributed by atoms with Crippen LogP contribution in [0.5, 0.6) is 0 Å². The minimum absolute atomic E-state index is 0.0416. The van der Waals surface area contributed by atoms with Crippen molar-refractivity contribution in [1.29, 1.82) is 0 Å². The number of carbonyl (C=O) groups excluding carboxylic acids is 1. The summed E-state index contributed by atoms with van der Waals surface area (Å²) < 4.78 is 0. The molecule has 3 fully saturated rings. The molecule has 2 aliphatic heterocycles. The Morgan fingerprint density at radius 2 is 2.38 bits per heavy atom. The third kappa shape index (κ3) is 1.56. The molecular weight excluding hydrogens is 168 g/mol. The van der Waals surface area contributed by atoms with E-state index in [0.29, 0.717) is 12.0 Å². The summed E-state index contributed by atoms with van der Waals surface area (Å²) in [7, 11) is 0. The summed E-state index contributed by atoms with van der Waals surface area (Å²) in [6.45, 7) is 4.78. The van der Waals surface area contributed by atoms with E-state index in [0.717, 1.165) is 13.0 Å². The topological polar surface area (TPSA) is 50.4 Å². The molecule has 2 bridgehead atoms. The molecule has 3 rings (SSSR count). The van der Waals surface area contributed by atoms with Crippen LogP contribution in [0.25, 0.3) is 0 Å².